The summed E-state index contributed by atoms with van der Waals surface area (Å²) in [4.78, 5) is 13.1. The number of carbonyl (C=O) groups excluding carboxylic acids is 1. The summed E-state index contributed by atoms with van der Waals surface area (Å²) < 4.78 is 22.5. The molecule has 7 atom stereocenters. The van der Waals surface area contributed by atoms with Crippen molar-refractivity contribution >= 4 is 5.91 Å². The fourth-order valence-electron chi connectivity index (χ4n) is 7.07. The van der Waals surface area contributed by atoms with Gasteiger partial charge in [0.05, 0.1) is 50.8 Å². The Kier molecular flexibility index (Phi) is 41.3. The van der Waals surface area contributed by atoms with Crippen LogP contribution in [0.15, 0.2) is 12.2 Å². The van der Waals surface area contributed by atoms with Gasteiger partial charge in [-0.3, -0.25) is 4.79 Å². The predicted molar refractivity (Wildman–Crippen MR) is 237 cm³/mol. The van der Waals surface area contributed by atoms with Gasteiger partial charge < -0.3 is 54.9 Å². The van der Waals surface area contributed by atoms with Crippen LogP contribution in [0, 0.1) is 0 Å². The van der Waals surface area contributed by atoms with Crippen LogP contribution in [-0.2, 0) is 23.7 Å². The molecule has 0 heterocycles. The Hall–Kier alpha value is -1.19. The van der Waals surface area contributed by atoms with E-state index in [0.717, 1.165) is 44.9 Å². The van der Waals surface area contributed by atoms with Crippen LogP contribution in [0.3, 0.4) is 0 Å². The highest BCUT2D eigenvalue weighted by molar-refractivity contribution is 5.76. The number of unbranched alkanes of at least 4 members (excludes halogenated alkanes) is 25. The summed E-state index contributed by atoms with van der Waals surface area (Å²) in [6.45, 7) is 5.92. The number of carbonyl (C=O) groups is 1. The van der Waals surface area contributed by atoms with E-state index < -0.39 is 62.5 Å². The molecular weight excluding hydrogens is 755 g/mol. The molecule has 0 aliphatic heterocycles. The quantitative estimate of drug-likeness (QED) is 0.0177. The minimum atomic E-state index is -2.12. The molecule has 0 saturated carbocycles. The van der Waals surface area contributed by atoms with Gasteiger partial charge in [0.15, 0.2) is 6.29 Å². The van der Waals surface area contributed by atoms with Gasteiger partial charge >= 0.3 is 0 Å². The van der Waals surface area contributed by atoms with Crippen molar-refractivity contribution in [1.82, 2.24) is 5.32 Å². The molecule has 0 saturated heterocycles. The Balaban J connectivity index is 5.02. The average Bonchev–Trinajstić information content (AvgIpc) is 3.22. The van der Waals surface area contributed by atoms with E-state index in [-0.39, 0.29) is 19.1 Å². The van der Waals surface area contributed by atoms with Gasteiger partial charge in [-0.2, -0.15) is 0 Å². The van der Waals surface area contributed by atoms with Gasteiger partial charge in [-0.25, -0.2) is 0 Å². The van der Waals surface area contributed by atoms with Crippen molar-refractivity contribution < 1.29 is 54.4 Å². The largest absolute Gasteiger partial charge is 0.394 e. The molecule has 0 aromatic heterocycles. The first kappa shape index (κ1) is 57.8. The highest BCUT2D eigenvalue weighted by atomic mass is 16.7. The Bertz CT molecular complexity index is 926. The number of aliphatic hydroxyl groups is 6. The first-order chi connectivity index (χ1) is 28.6. The summed E-state index contributed by atoms with van der Waals surface area (Å²) in [7, 11) is 0. The number of hydrogen-bond donors (Lipinski definition) is 7. The van der Waals surface area contributed by atoms with Crippen molar-refractivity contribution in [3.63, 3.8) is 0 Å². The first-order valence-electron chi connectivity index (χ1n) is 24.0. The molecule has 0 radical (unpaired) electrons. The second-order valence-electron chi connectivity index (χ2n) is 16.7. The smallest absolute Gasteiger partial charge is 0.220 e. The van der Waals surface area contributed by atoms with Crippen LogP contribution in [0.1, 0.15) is 207 Å². The molecule has 0 spiro atoms. The number of hydrogen-bond acceptors (Lipinski definition) is 11. The molecule has 0 rings (SSSR count). The van der Waals surface area contributed by atoms with Gasteiger partial charge in [0, 0.05) is 6.42 Å². The van der Waals surface area contributed by atoms with Crippen molar-refractivity contribution in [2.75, 3.05) is 26.4 Å². The Labute approximate surface area is 360 Å². The zero-order chi connectivity index (χ0) is 43.8. The van der Waals surface area contributed by atoms with E-state index >= 15 is 0 Å². The third-order valence-corrected chi connectivity index (χ3v) is 10.9. The minimum Gasteiger partial charge on any atom is -0.394 e. The van der Waals surface area contributed by atoms with E-state index in [0.29, 0.717) is 6.42 Å². The lowest BCUT2D eigenvalue weighted by molar-refractivity contribution is -0.297. The summed E-state index contributed by atoms with van der Waals surface area (Å²) in [5.41, 5.74) is 0. The summed E-state index contributed by atoms with van der Waals surface area (Å²) in [5, 5.41) is 63.2. The molecule has 0 fully saturated rings. The number of nitrogens with one attached hydrogen (secondary N) is 1. The average molecular weight is 848 g/mol. The highest BCUT2D eigenvalue weighted by Gasteiger charge is 2.31. The molecule has 59 heavy (non-hydrogen) atoms. The SMILES string of the molecule is CCCCCCCCCCCCC/C=C/[C@H](O)[C@@H](COC(OC(CO)[C@H](C)O[C@@H](CO)OC(C)CO)C(O)O)NC(=O)CCCCCCCCCCCCCCCCC. The van der Waals surface area contributed by atoms with Gasteiger partial charge in [0.2, 0.25) is 18.5 Å². The molecule has 0 aromatic carbocycles. The lowest BCUT2D eigenvalue weighted by Crippen LogP contribution is -2.49. The van der Waals surface area contributed by atoms with Gasteiger partial charge in [-0.15, -0.1) is 0 Å². The third kappa shape index (κ3) is 35.0. The predicted octanol–water partition coefficient (Wildman–Crippen LogP) is 8.50. The van der Waals surface area contributed by atoms with E-state index in [1.807, 2.05) is 6.08 Å². The molecule has 7 N–H and O–H groups in total. The maximum Gasteiger partial charge on any atom is 0.220 e. The zero-order valence-corrected chi connectivity index (χ0v) is 38.1. The number of rotatable bonds is 45. The molecule has 0 aliphatic carbocycles. The minimum absolute atomic E-state index is 0.226. The number of ether oxygens (including phenoxy) is 4. The van der Waals surface area contributed by atoms with Gasteiger partial charge in [-0.1, -0.05) is 180 Å². The van der Waals surface area contributed by atoms with E-state index in [4.69, 9.17) is 18.9 Å². The van der Waals surface area contributed by atoms with Crippen LogP contribution in [-0.4, -0.2) is 112 Å². The van der Waals surface area contributed by atoms with E-state index in [1.165, 1.54) is 128 Å². The zero-order valence-electron chi connectivity index (χ0n) is 38.1. The van der Waals surface area contributed by atoms with E-state index in [9.17, 15) is 35.4 Å². The molecule has 1 amide bonds. The van der Waals surface area contributed by atoms with Gasteiger partial charge in [-0.05, 0) is 33.1 Å². The van der Waals surface area contributed by atoms with Crippen molar-refractivity contribution in [2.45, 2.75) is 257 Å². The summed E-state index contributed by atoms with van der Waals surface area (Å²) in [5.74, 6) is -0.226. The van der Waals surface area contributed by atoms with Crippen LogP contribution in [0.4, 0.5) is 0 Å². The number of aliphatic hydroxyl groups excluding tert-OH is 5. The monoisotopic (exact) mass is 848 g/mol. The lowest BCUT2D eigenvalue weighted by atomic mass is 10.0. The maximum atomic E-state index is 13.1. The fraction of sp³-hybridized carbons (Fsp3) is 0.936. The maximum absolute atomic E-state index is 13.1. The van der Waals surface area contributed by atoms with Crippen molar-refractivity contribution in [3.8, 4) is 0 Å². The normalized spacial score (nSPS) is 15.7. The molecular formula is C47H93NO11. The van der Waals surface area contributed by atoms with Crippen LogP contribution < -0.4 is 5.32 Å². The Morgan fingerprint density at radius 2 is 1.03 bits per heavy atom. The number of amides is 1. The van der Waals surface area contributed by atoms with Crippen LogP contribution in [0.5, 0.6) is 0 Å². The number of allylic oxidation sites excluding steroid dienone is 1. The van der Waals surface area contributed by atoms with E-state index in [1.54, 1.807) is 19.9 Å². The Morgan fingerprint density at radius 3 is 1.46 bits per heavy atom. The summed E-state index contributed by atoms with van der Waals surface area (Å²) >= 11 is 0. The van der Waals surface area contributed by atoms with Crippen LogP contribution in [0.2, 0.25) is 0 Å². The van der Waals surface area contributed by atoms with Crippen LogP contribution in [0.25, 0.3) is 0 Å². The third-order valence-electron chi connectivity index (χ3n) is 10.9. The van der Waals surface area contributed by atoms with Gasteiger partial charge in [0.1, 0.15) is 6.10 Å². The molecule has 12 nitrogen and oxygen atoms in total. The van der Waals surface area contributed by atoms with Crippen molar-refractivity contribution in [2.24, 2.45) is 0 Å². The fourth-order valence-corrected chi connectivity index (χ4v) is 7.07. The molecule has 352 valence electrons. The second-order valence-corrected chi connectivity index (χ2v) is 16.7. The highest BCUT2D eigenvalue weighted by Crippen LogP contribution is 2.17. The topological polar surface area (TPSA) is 187 Å². The summed E-state index contributed by atoms with van der Waals surface area (Å²) in [6, 6.07) is -0.898. The van der Waals surface area contributed by atoms with Crippen LogP contribution >= 0.6 is 0 Å². The molecule has 0 aliphatic rings. The van der Waals surface area contributed by atoms with Crippen molar-refractivity contribution in [1.29, 1.82) is 0 Å². The second kappa shape index (κ2) is 42.1. The lowest BCUT2D eigenvalue weighted by Gasteiger charge is -2.32. The standard InChI is InChI=1S/C47H93NO11/c1-5-7-9-11-13-15-17-19-20-22-24-26-28-30-32-34-44(53)48-41(42(52)33-31-29-27-25-23-21-18-16-14-12-10-8-6-2)38-56-47(46(54)55)59-43(36-50)40(4)58-45(37-51)57-39(3)35-49/h31,33,39-43,45-47,49-52,54-55H,5-30,32,34-38H2,1-4H3,(H,48,53)/b33-31+/t39?,40-,41+,42-,43?,45-,47?/m0/s1. The van der Waals surface area contributed by atoms with Gasteiger partial charge in [0.25, 0.3) is 0 Å². The van der Waals surface area contributed by atoms with E-state index in [2.05, 4.69) is 19.2 Å². The molecule has 0 bridgehead atoms. The first-order valence-corrected chi connectivity index (χ1v) is 24.0. The van der Waals surface area contributed by atoms with Crippen molar-refractivity contribution in [3.05, 3.63) is 12.2 Å². The molecule has 3 unspecified atom stereocenters. The summed E-state index contributed by atoms with van der Waals surface area (Å²) in [6.07, 6.45) is 28.3. The molecule has 12 heteroatoms. The molecule has 0 aromatic rings. The Morgan fingerprint density at radius 1 is 0.576 bits per heavy atom.